The van der Waals surface area contributed by atoms with E-state index in [4.69, 9.17) is 4.74 Å². The average molecular weight is 317 g/mol. The molecule has 1 aliphatic carbocycles. The second-order valence-corrected chi connectivity index (χ2v) is 8.35. The summed E-state index contributed by atoms with van der Waals surface area (Å²) in [6.45, 7) is 4.55. The Bertz CT molecular complexity index is 431. The molecule has 0 radical (unpaired) electrons. The van der Waals surface area contributed by atoms with Crippen molar-refractivity contribution in [1.82, 2.24) is 13.9 Å². The van der Waals surface area contributed by atoms with E-state index in [-0.39, 0.29) is 0 Å². The van der Waals surface area contributed by atoms with E-state index in [1.807, 2.05) is 0 Å². The molecule has 2 heterocycles. The predicted octanol–water partition coefficient (Wildman–Crippen LogP) is 0.418. The Hall–Kier alpha value is -0.210. The predicted molar refractivity (Wildman–Crippen MR) is 81.3 cm³/mol. The van der Waals surface area contributed by atoms with Crippen LogP contribution in [0, 0.1) is 5.92 Å². The van der Waals surface area contributed by atoms with Crippen LogP contribution in [0.2, 0.25) is 0 Å². The summed E-state index contributed by atoms with van der Waals surface area (Å²) >= 11 is 0. The zero-order valence-corrected chi connectivity index (χ0v) is 13.5. The molecule has 122 valence electrons. The Kier molecular flexibility index (Phi) is 5.16. The lowest BCUT2D eigenvalue weighted by molar-refractivity contribution is 0.147. The van der Waals surface area contributed by atoms with Gasteiger partial charge in [-0.15, -0.1) is 0 Å². The third-order valence-corrected chi connectivity index (χ3v) is 6.59. The van der Waals surface area contributed by atoms with Crippen molar-refractivity contribution in [3.8, 4) is 0 Å². The van der Waals surface area contributed by atoms with Gasteiger partial charge in [-0.2, -0.15) is 17.0 Å². The third kappa shape index (κ3) is 4.16. The van der Waals surface area contributed by atoms with E-state index < -0.39 is 10.2 Å². The quantitative estimate of drug-likeness (QED) is 0.798. The van der Waals surface area contributed by atoms with Gasteiger partial charge in [-0.3, -0.25) is 0 Å². The second-order valence-electron chi connectivity index (χ2n) is 6.42. The highest BCUT2D eigenvalue weighted by molar-refractivity contribution is 7.86. The van der Waals surface area contributed by atoms with Crippen molar-refractivity contribution < 1.29 is 13.2 Å². The van der Waals surface area contributed by atoms with Gasteiger partial charge in [0.25, 0.3) is 10.2 Å². The maximum atomic E-state index is 12.8. The van der Waals surface area contributed by atoms with E-state index in [9.17, 15) is 8.42 Å². The first-order valence-electron chi connectivity index (χ1n) is 8.22. The van der Waals surface area contributed by atoms with Crippen molar-refractivity contribution in [2.75, 3.05) is 45.9 Å². The van der Waals surface area contributed by atoms with Crippen molar-refractivity contribution in [1.29, 1.82) is 0 Å². The summed E-state index contributed by atoms with van der Waals surface area (Å²) < 4.78 is 34.2. The second kappa shape index (κ2) is 6.91. The zero-order valence-electron chi connectivity index (χ0n) is 12.7. The third-order valence-electron chi connectivity index (χ3n) is 4.59. The lowest BCUT2D eigenvalue weighted by atomic mass is 10.00. The highest BCUT2D eigenvalue weighted by atomic mass is 32.2. The molecule has 0 aromatic rings. The largest absolute Gasteiger partial charge is 0.380 e. The van der Waals surface area contributed by atoms with Crippen molar-refractivity contribution in [2.24, 2.45) is 5.92 Å². The Balaban J connectivity index is 1.57. The molecule has 0 aromatic heterocycles. The molecule has 0 aromatic carbocycles. The van der Waals surface area contributed by atoms with Gasteiger partial charge < -0.3 is 10.1 Å². The summed E-state index contributed by atoms with van der Waals surface area (Å²) in [5.41, 5.74) is 0. The van der Waals surface area contributed by atoms with Crippen LogP contribution in [0.4, 0.5) is 0 Å². The molecule has 21 heavy (non-hydrogen) atoms. The zero-order chi connectivity index (χ0) is 14.7. The molecule has 3 fully saturated rings. The van der Waals surface area contributed by atoms with Crippen LogP contribution < -0.4 is 5.32 Å². The van der Waals surface area contributed by atoms with Crippen molar-refractivity contribution in [3.05, 3.63) is 0 Å². The van der Waals surface area contributed by atoms with E-state index in [0.29, 0.717) is 51.4 Å². The van der Waals surface area contributed by atoms with Gasteiger partial charge in [-0.1, -0.05) is 0 Å². The fraction of sp³-hybridized carbons (Fsp3) is 1.00. The van der Waals surface area contributed by atoms with Gasteiger partial charge in [0.1, 0.15) is 0 Å². The maximum absolute atomic E-state index is 12.8. The van der Waals surface area contributed by atoms with E-state index in [0.717, 1.165) is 25.8 Å². The first kappa shape index (κ1) is 15.7. The number of ether oxygens (including phenoxy) is 1. The first-order chi connectivity index (χ1) is 10.2. The lowest BCUT2D eigenvalue weighted by Crippen LogP contribution is -2.50. The minimum Gasteiger partial charge on any atom is -0.380 e. The molecule has 3 aliphatic rings. The Morgan fingerprint density at radius 2 is 1.81 bits per heavy atom. The van der Waals surface area contributed by atoms with Gasteiger partial charge >= 0.3 is 0 Å². The smallest absolute Gasteiger partial charge is 0.282 e. The van der Waals surface area contributed by atoms with E-state index in [1.165, 1.54) is 12.8 Å². The summed E-state index contributed by atoms with van der Waals surface area (Å²) in [5.74, 6) is 0.456. The minimum absolute atomic E-state index is 0.456. The molecule has 0 bridgehead atoms. The molecule has 1 saturated carbocycles. The first-order valence-corrected chi connectivity index (χ1v) is 9.62. The number of nitrogens with zero attached hydrogens (tertiary/aromatic N) is 2. The molecular weight excluding hydrogens is 290 g/mol. The van der Waals surface area contributed by atoms with Crippen LogP contribution in [0.25, 0.3) is 0 Å². The number of rotatable bonds is 5. The van der Waals surface area contributed by atoms with Crippen LogP contribution >= 0.6 is 0 Å². The molecule has 2 aliphatic heterocycles. The summed E-state index contributed by atoms with van der Waals surface area (Å²) in [4.78, 5) is 0. The topological polar surface area (TPSA) is 61.9 Å². The molecule has 0 amide bonds. The lowest BCUT2D eigenvalue weighted by Gasteiger charge is -2.35. The Labute approximate surface area is 128 Å². The summed E-state index contributed by atoms with van der Waals surface area (Å²) in [7, 11) is -3.31. The van der Waals surface area contributed by atoms with E-state index in [1.54, 1.807) is 8.61 Å². The van der Waals surface area contributed by atoms with E-state index in [2.05, 4.69) is 5.32 Å². The highest BCUT2D eigenvalue weighted by Gasteiger charge is 2.34. The van der Waals surface area contributed by atoms with Crippen LogP contribution in [0.15, 0.2) is 0 Å². The monoisotopic (exact) mass is 317 g/mol. The van der Waals surface area contributed by atoms with Gasteiger partial charge in [0.2, 0.25) is 0 Å². The van der Waals surface area contributed by atoms with E-state index >= 15 is 0 Å². The van der Waals surface area contributed by atoms with Crippen molar-refractivity contribution in [2.45, 2.75) is 38.1 Å². The molecule has 0 spiro atoms. The van der Waals surface area contributed by atoms with Gasteiger partial charge in [-0.25, -0.2) is 0 Å². The molecular formula is C14H27N3O3S. The fourth-order valence-electron chi connectivity index (χ4n) is 3.14. The van der Waals surface area contributed by atoms with Crippen LogP contribution in [0.3, 0.4) is 0 Å². The summed E-state index contributed by atoms with van der Waals surface area (Å²) in [5, 5.41) is 3.53. The van der Waals surface area contributed by atoms with Gasteiger partial charge in [0.15, 0.2) is 0 Å². The molecule has 3 rings (SSSR count). The molecule has 6 nitrogen and oxygen atoms in total. The van der Waals surface area contributed by atoms with Gasteiger partial charge in [-0.05, 0) is 44.6 Å². The summed E-state index contributed by atoms with van der Waals surface area (Å²) in [6.07, 6.45) is 5.46. The minimum atomic E-state index is -3.31. The Morgan fingerprint density at radius 1 is 1.00 bits per heavy atom. The standard InChI is InChI=1S/C14H27N3O3S/c18-21(19,16-7-2-9-20-10-8-16)17-6-1-3-13(12-17)11-15-14-4-5-14/h13-15H,1-12H2. The molecule has 7 heteroatoms. The molecule has 1 unspecified atom stereocenters. The number of piperidine rings is 1. The van der Waals surface area contributed by atoms with Crippen molar-refractivity contribution in [3.63, 3.8) is 0 Å². The summed E-state index contributed by atoms with van der Waals surface area (Å²) in [6, 6.07) is 0.694. The van der Waals surface area contributed by atoms with Crippen molar-refractivity contribution >= 4 is 10.2 Å². The van der Waals surface area contributed by atoms with Crippen LogP contribution in [0.1, 0.15) is 32.1 Å². The number of nitrogens with one attached hydrogen (secondary N) is 1. The maximum Gasteiger partial charge on any atom is 0.282 e. The molecule has 2 saturated heterocycles. The SMILES string of the molecule is O=S(=O)(N1CCCOCC1)N1CCCC(CNC2CC2)C1. The van der Waals surface area contributed by atoms with Crippen LogP contribution in [0.5, 0.6) is 0 Å². The van der Waals surface area contributed by atoms with Gasteiger partial charge in [0.05, 0.1) is 6.61 Å². The highest BCUT2D eigenvalue weighted by Crippen LogP contribution is 2.23. The van der Waals surface area contributed by atoms with Gasteiger partial charge in [0, 0.05) is 38.8 Å². The normalized spacial score (nSPS) is 30.2. The van der Waals surface area contributed by atoms with Crippen LogP contribution in [-0.4, -0.2) is 69.0 Å². The van der Waals surface area contributed by atoms with Crippen LogP contribution in [-0.2, 0) is 14.9 Å². The number of hydrogen-bond acceptors (Lipinski definition) is 4. The number of hydrogen-bond donors (Lipinski definition) is 1. The fourth-order valence-corrected chi connectivity index (χ4v) is 4.89. The molecule has 1 atom stereocenters. The Morgan fingerprint density at radius 3 is 2.62 bits per heavy atom. The average Bonchev–Trinajstić information content (AvgIpc) is 3.32. The molecule has 1 N–H and O–H groups in total.